The van der Waals surface area contributed by atoms with E-state index in [1.54, 1.807) is 24.0 Å². The molecule has 0 saturated carbocycles. The molecule has 7 nitrogen and oxygen atoms in total. The fourth-order valence-electron chi connectivity index (χ4n) is 3.21. The molecule has 4 rings (SSSR count). The van der Waals surface area contributed by atoms with Crippen molar-refractivity contribution in [3.8, 4) is 0 Å². The van der Waals surface area contributed by atoms with E-state index in [9.17, 15) is 4.79 Å². The highest BCUT2D eigenvalue weighted by Gasteiger charge is 2.25. The van der Waals surface area contributed by atoms with Crippen molar-refractivity contribution >= 4 is 5.91 Å². The Morgan fingerprint density at radius 3 is 2.92 bits per heavy atom. The highest BCUT2D eigenvalue weighted by molar-refractivity contribution is 5.92. The van der Waals surface area contributed by atoms with Crippen molar-refractivity contribution in [2.45, 2.75) is 19.1 Å². The second-order valence-corrected chi connectivity index (χ2v) is 6.38. The molecule has 1 aliphatic rings. The fourth-order valence-corrected chi connectivity index (χ4v) is 3.21. The Morgan fingerprint density at radius 1 is 1.31 bits per heavy atom. The van der Waals surface area contributed by atoms with Crippen molar-refractivity contribution in [1.29, 1.82) is 0 Å². The highest BCUT2D eigenvalue weighted by atomic mass is 16.5. The molecule has 1 N–H and O–H groups in total. The quantitative estimate of drug-likeness (QED) is 0.759. The van der Waals surface area contributed by atoms with Crippen LogP contribution in [0.4, 0.5) is 0 Å². The zero-order chi connectivity index (χ0) is 17.9. The average Bonchev–Trinajstić information content (AvgIpc) is 3.26. The monoisotopic (exact) mass is 351 g/mol. The van der Waals surface area contributed by atoms with Gasteiger partial charge in [0.25, 0.3) is 5.91 Å². The number of nitrogens with one attached hydrogen (secondary N) is 1. The van der Waals surface area contributed by atoms with Crippen molar-refractivity contribution in [3.63, 3.8) is 0 Å². The molecule has 3 heterocycles. The van der Waals surface area contributed by atoms with E-state index in [4.69, 9.17) is 9.84 Å². The molecular formula is C19H21N5O2. The lowest BCUT2D eigenvalue weighted by Gasteiger charge is -2.22. The summed E-state index contributed by atoms with van der Waals surface area (Å²) in [5, 5.41) is 11.7. The third-order valence-corrected chi connectivity index (χ3v) is 4.55. The third-order valence-electron chi connectivity index (χ3n) is 4.55. The number of aromatic nitrogens is 4. The molecule has 1 aromatic carbocycles. The summed E-state index contributed by atoms with van der Waals surface area (Å²) in [6.07, 6.45) is 4.31. The number of hydrogen-bond donors (Lipinski definition) is 1. The number of benzene rings is 1. The van der Waals surface area contributed by atoms with Gasteiger partial charge in [-0.1, -0.05) is 30.3 Å². The molecule has 134 valence electrons. The minimum absolute atomic E-state index is 0.163. The SMILES string of the molecule is Cn1nccc1C(=O)NC[C@H]1OCCc2cn(Cc3ccccc3)nc21. The molecule has 0 radical (unpaired) electrons. The van der Waals surface area contributed by atoms with Crippen molar-refractivity contribution in [3.05, 3.63) is 71.3 Å². The van der Waals surface area contributed by atoms with E-state index < -0.39 is 0 Å². The molecule has 1 aliphatic heterocycles. The van der Waals surface area contributed by atoms with Gasteiger partial charge in [-0.15, -0.1) is 0 Å². The van der Waals surface area contributed by atoms with E-state index in [1.807, 2.05) is 22.9 Å². The molecule has 0 spiro atoms. The third kappa shape index (κ3) is 3.39. The number of nitrogens with zero attached hydrogens (tertiary/aromatic N) is 4. The van der Waals surface area contributed by atoms with Gasteiger partial charge < -0.3 is 10.1 Å². The van der Waals surface area contributed by atoms with E-state index in [0.29, 0.717) is 18.8 Å². The van der Waals surface area contributed by atoms with Gasteiger partial charge in [0.05, 0.1) is 18.8 Å². The number of fused-ring (bicyclic) bond motifs is 1. The molecule has 3 aromatic rings. The van der Waals surface area contributed by atoms with Crippen LogP contribution >= 0.6 is 0 Å². The number of carbonyl (C=O) groups excluding carboxylic acids is 1. The van der Waals surface area contributed by atoms with E-state index in [1.165, 1.54) is 11.1 Å². The number of amides is 1. The number of aryl methyl sites for hydroxylation is 1. The average molecular weight is 351 g/mol. The Hall–Kier alpha value is -2.93. The summed E-state index contributed by atoms with van der Waals surface area (Å²) in [6, 6.07) is 11.9. The maximum Gasteiger partial charge on any atom is 0.269 e. The lowest BCUT2D eigenvalue weighted by molar-refractivity contribution is 0.0382. The lowest BCUT2D eigenvalue weighted by atomic mass is 10.1. The van der Waals surface area contributed by atoms with Gasteiger partial charge in [-0.25, -0.2) is 0 Å². The van der Waals surface area contributed by atoms with Gasteiger partial charge in [-0.2, -0.15) is 10.2 Å². The van der Waals surface area contributed by atoms with Gasteiger partial charge in [-0.3, -0.25) is 14.2 Å². The Kier molecular flexibility index (Phi) is 4.53. The lowest BCUT2D eigenvalue weighted by Crippen LogP contribution is -2.32. The summed E-state index contributed by atoms with van der Waals surface area (Å²) >= 11 is 0. The van der Waals surface area contributed by atoms with Crippen molar-refractivity contribution in [2.75, 3.05) is 13.2 Å². The van der Waals surface area contributed by atoms with E-state index >= 15 is 0 Å². The maximum atomic E-state index is 12.3. The van der Waals surface area contributed by atoms with Gasteiger partial charge in [0, 0.05) is 26.0 Å². The molecule has 26 heavy (non-hydrogen) atoms. The largest absolute Gasteiger partial charge is 0.370 e. The molecule has 0 aliphatic carbocycles. The summed E-state index contributed by atoms with van der Waals surface area (Å²) in [6.45, 7) is 1.75. The zero-order valence-corrected chi connectivity index (χ0v) is 14.6. The second-order valence-electron chi connectivity index (χ2n) is 6.38. The summed E-state index contributed by atoms with van der Waals surface area (Å²) in [4.78, 5) is 12.3. The molecule has 0 bridgehead atoms. The van der Waals surface area contributed by atoms with E-state index in [2.05, 4.69) is 28.7 Å². The first kappa shape index (κ1) is 16.5. The predicted octanol–water partition coefficient (Wildman–Crippen LogP) is 1.71. The topological polar surface area (TPSA) is 74.0 Å². The van der Waals surface area contributed by atoms with Crippen LogP contribution in [0.2, 0.25) is 0 Å². The van der Waals surface area contributed by atoms with E-state index in [-0.39, 0.29) is 12.0 Å². The Labute approximate surface area is 151 Å². The normalized spacial score (nSPS) is 16.3. The molecule has 2 aromatic heterocycles. The van der Waals surface area contributed by atoms with Crippen LogP contribution in [0, 0.1) is 0 Å². The van der Waals surface area contributed by atoms with Crippen LogP contribution in [-0.4, -0.2) is 38.6 Å². The minimum Gasteiger partial charge on any atom is -0.370 e. The summed E-state index contributed by atoms with van der Waals surface area (Å²) in [7, 11) is 1.75. The van der Waals surface area contributed by atoms with Crippen LogP contribution in [0.15, 0.2) is 48.8 Å². The van der Waals surface area contributed by atoms with Crippen molar-refractivity contribution in [2.24, 2.45) is 7.05 Å². The van der Waals surface area contributed by atoms with Crippen LogP contribution in [0.5, 0.6) is 0 Å². The molecule has 0 saturated heterocycles. The minimum atomic E-state index is -0.229. The Morgan fingerprint density at radius 2 is 2.15 bits per heavy atom. The first-order valence-electron chi connectivity index (χ1n) is 8.68. The smallest absolute Gasteiger partial charge is 0.269 e. The molecular weight excluding hydrogens is 330 g/mol. The van der Waals surface area contributed by atoms with E-state index in [0.717, 1.165) is 18.7 Å². The van der Waals surface area contributed by atoms with Gasteiger partial charge in [0.15, 0.2) is 0 Å². The summed E-state index contributed by atoms with van der Waals surface area (Å²) < 4.78 is 9.35. The number of carbonyl (C=O) groups is 1. The zero-order valence-electron chi connectivity index (χ0n) is 14.6. The van der Waals surface area contributed by atoms with Crippen LogP contribution in [0.25, 0.3) is 0 Å². The molecule has 1 amide bonds. The molecule has 0 unspecified atom stereocenters. The van der Waals surface area contributed by atoms with Crippen LogP contribution in [0.1, 0.15) is 33.4 Å². The second kappa shape index (κ2) is 7.13. The summed E-state index contributed by atoms with van der Waals surface area (Å²) in [5.41, 5.74) is 3.83. The van der Waals surface area contributed by atoms with Crippen LogP contribution < -0.4 is 5.32 Å². The van der Waals surface area contributed by atoms with Crippen molar-refractivity contribution in [1.82, 2.24) is 24.9 Å². The van der Waals surface area contributed by atoms with Crippen molar-refractivity contribution < 1.29 is 9.53 Å². The first-order valence-corrected chi connectivity index (χ1v) is 8.68. The predicted molar refractivity (Wildman–Crippen MR) is 95.7 cm³/mol. The number of rotatable bonds is 5. The van der Waals surface area contributed by atoms with Gasteiger partial charge in [-0.05, 0) is 23.6 Å². The van der Waals surface area contributed by atoms with Gasteiger partial charge in [0.2, 0.25) is 0 Å². The molecule has 7 heteroatoms. The molecule has 1 atom stereocenters. The number of hydrogen-bond acceptors (Lipinski definition) is 4. The highest BCUT2D eigenvalue weighted by Crippen LogP contribution is 2.25. The van der Waals surface area contributed by atoms with Gasteiger partial charge >= 0.3 is 0 Å². The maximum absolute atomic E-state index is 12.3. The summed E-state index contributed by atoms with van der Waals surface area (Å²) in [5.74, 6) is -0.163. The van der Waals surface area contributed by atoms with Crippen LogP contribution in [-0.2, 0) is 24.8 Å². The standard InChI is InChI=1S/C19H21N5O2/c1-23-16(7-9-21-23)19(25)20-11-17-18-15(8-10-26-17)13-24(22-18)12-14-5-3-2-4-6-14/h2-7,9,13,17H,8,10-12H2,1H3,(H,20,25)/t17-/m1/s1. The Bertz CT molecular complexity index is 900. The Balaban J connectivity index is 1.45. The van der Waals surface area contributed by atoms with Crippen LogP contribution in [0.3, 0.4) is 0 Å². The number of ether oxygens (including phenoxy) is 1. The fraction of sp³-hybridized carbons (Fsp3) is 0.316. The first-order chi connectivity index (χ1) is 12.7. The van der Waals surface area contributed by atoms with Gasteiger partial charge in [0.1, 0.15) is 11.8 Å². The molecule has 0 fully saturated rings.